The second kappa shape index (κ2) is 4.36. The van der Waals surface area contributed by atoms with E-state index in [1.54, 1.807) is 24.5 Å². The first kappa shape index (κ1) is 10.2. The molecule has 0 unspecified atom stereocenters. The van der Waals surface area contributed by atoms with Crippen molar-refractivity contribution >= 4 is 11.8 Å². The number of carbonyl (C=O) groups excluding carboxylic acids is 2. The normalized spacial score (nSPS) is 9.29. The Labute approximate surface area is 81.7 Å². The van der Waals surface area contributed by atoms with Crippen LogP contribution in [-0.4, -0.2) is 11.8 Å². The molecule has 0 bridgehead atoms. The molecule has 0 saturated heterocycles. The lowest BCUT2D eigenvalue weighted by atomic mass is 10.2. The summed E-state index contributed by atoms with van der Waals surface area (Å²) in [5.41, 5.74) is 4.98. The van der Waals surface area contributed by atoms with Gasteiger partial charge in [0.25, 0.3) is 5.91 Å². The number of hydrogen-bond acceptors (Lipinski definition) is 2. The Morgan fingerprint density at radius 3 is 2.29 bits per heavy atom. The highest BCUT2D eigenvalue weighted by molar-refractivity contribution is 5.94. The molecule has 0 aromatic carbocycles. The van der Waals surface area contributed by atoms with Crippen molar-refractivity contribution in [1.82, 2.24) is 10.9 Å². The molecule has 0 aliphatic carbocycles. The van der Waals surface area contributed by atoms with Crippen molar-refractivity contribution in [3.63, 3.8) is 0 Å². The lowest BCUT2D eigenvalue weighted by Crippen LogP contribution is -2.40. The molecule has 1 rings (SSSR count). The molecule has 0 aliphatic heterocycles. The van der Waals surface area contributed by atoms with E-state index in [1.807, 2.05) is 11.6 Å². The van der Waals surface area contributed by atoms with E-state index in [0.717, 1.165) is 0 Å². The first-order chi connectivity index (χ1) is 6.59. The third-order valence-corrected chi connectivity index (χ3v) is 1.59. The average molecular weight is 194 g/mol. The number of carbonyl (C=O) groups is 2. The van der Waals surface area contributed by atoms with Crippen LogP contribution in [0.2, 0.25) is 0 Å². The van der Waals surface area contributed by atoms with Crippen molar-refractivity contribution in [2.75, 3.05) is 0 Å². The summed E-state index contributed by atoms with van der Waals surface area (Å²) in [6, 6.07) is 3.33. The average Bonchev–Trinajstić information content (AvgIpc) is 2.15. The van der Waals surface area contributed by atoms with Gasteiger partial charge in [0.1, 0.15) is 7.05 Å². The van der Waals surface area contributed by atoms with E-state index in [4.69, 9.17) is 0 Å². The number of rotatable bonds is 1. The van der Waals surface area contributed by atoms with Crippen LogP contribution in [0.3, 0.4) is 0 Å². The number of hydrogen-bond donors (Lipinski definition) is 2. The van der Waals surface area contributed by atoms with Gasteiger partial charge in [0.15, 0.2) is 12.4 Å². The second-order valence-electron chi connectivity index (χ2n) is 2.89. The van der Waals surface area contributed by atoms with Gasteiger partial charge in [-0.2, -0.15) is 0 Å². The molecule has 0 saturated carbocycles. The Morgan fingerprint density at radius 1 is 1.21 bits per heavy atom. The Balaban J connectivity index is 2.61. The van der Waals surface area contributed by atoms with Crippen LogP contribution < -0.4 is 15.4 Å². The first-order valence-electron chi connectivity index (χ1n) is 4.12. The summed E-state index contributed by atoms with van der Waals surface area (Å²) in [7, 11) is 1.86. The summed E-state index contributed by atoms with van der Waals surface area (Å²) in [6.07, 6.45) is 3.51. The number of nitrogens with one attached hydrogen (secondary N) is 2. The molecule has 1 aromatic heterocycles. The predicted molar refractivity (Wildman–Crippen MR) is 48.9 cm³/mol. The third kappa shape index (κ3) is 2.85. The lowest BCUT2D eigenvalue weighted by molar-refractivity contribution is -0.671. The molecule has 0 spiro atoms. The maximum absolute atomic E-state index is 11.3. The van der Waals surface area contributed by atoms with Gasteiger partial charge < -0.3 is 0 Å². The van der Waals surface area contributed by atoms with E-state index in [2.05, 4.69) is 10.9 Å². The molecule has 74 valence electrons. The summed E-state index contributed by atoms with van der Waals surface area (Å²) in [5, 5.41) is 0. The van der Waals surface area contributed by atoms with Crippen LogP contribution in [0.4, 0.5) is 0 Å². The minimum Gasteiger partial charge on any atom is -0.274 e. The number of amides is 2. The summed E-state index contributed by atoms with van der Waals surface area (Å²) >= 11 is 0. The van der Waals surface area contributed by atoms with Crippen molar-refractivity contribution in [1.29, 1.82) is 0 Å². The summed E-state index contributed by atoms with van der Waals surface area (Å²) < 4.78 is 1.81. The lowest BCUT2D eigenvalue weighted by Gasteiger charge is -2.03. The molecule has 0 aliphatic rings. The van der Waals surface area contributed by atoms with Crippen LogP contribution in [0.25, 0.3) is 0 Å². The van der Waals surface area contributed by atoms with Crippen LogP contribution in [0, 0.1) is 0 Å². The van der Waals surface area contributed by atoms with Gasteiger partial charge in [0, 0.05) is 19.1 Å². The second-order valence-corrected chi connectivity index (χ2v) is 2.89. The number of aromatic nitrogens is 1. The molecule has 14 heavy (non-hydrogen) atoms. The van der Waals surface area contributed by atoms with Gasteiger partial charge in [-0.3, -0.25) is 20.4 Å². The van der Waals surface area contributed by atoms with Crippen molar-refractivity contribution in [3.8, 4) is 0 Å². The standard InChI is InChI=1S/C9H11N3O2/c1-7(13)10-11-9(14)8-3-5-12(2)6-4-8/h3-6,14H,1-2H3/p+1. The van der Waals surface area contributed by atoms with E-state index < -0.39 is 0 Å². The van der Waals surface area contributed by atoms with E-state index >= 15 is 0 Å². The van der Waals surface area contributed by atoms with Crippen LogP contribution in [-0.2, 0) is 11.8 Å². The smallest absolute Gasteiger partial charge is 0.270 e. The molecule has 0 atom stereocenters. The fourth-order valence-corrected chi connectivity index (χ4v) is 0.869. The van der Waals surface area contributed by atoms with Crippen LogP contribution in [0.1, 0.15) is 17.3 Å². The molecule has 2 N–H and O–H groups in total. The highest BCUT2D eigenvalue weighted by Gasteiger charge is 2.06. The third-order valence-electron chi connectivity index (χ3n) is 1.59. The molecule has 0 radical (unpaired) electrons. The van der Waals surface area contributed by atoms with Gasteiger partial charge in [-0.1, -0.05) is 0 Å². The molecule has 5 nitrogen and oxygen atoms in total. The molecule has 1 aromatic rings. The largest absolute Gasteiger partial charge is 0.274 e. The minimum atomic E-state index is -0.333. The SMILES string of the molecule is CC(=O)NNC(=O)c1cc[n+](C)cc1. The number of aryl methyl sites for hydroxylation is 1. The van der Waals surface area contributed by atoms with Gasteiger partial charge in [0.2, 0.25) is 5.91 Å². The number of pyridine rings is 1. The van der Waals surface area contributed by atoms with Crippen molar-refractivity contribution < 1.29 is 14.2 Å². The van der Waals surface area contributed by atoms with E-state index in [1.165, 1.54) is 6.92 Å². The zero-order chi connectivity index (χ0) is 10.6. The summed E-state index contributed by atoms with van der Waals surface area (Å²) in [6.45, 7) is 1.32. The number of hydrazine groups is 1. The topological polar surface area (TPSA) is 62.1 Å². The van der Waals surface area contributed by atoms with Gasteiger partial charge >= 0.3 is 0 Å². The number of nitrogens with zero attached hydrogens (tertiary/aromatic N) is 1. The van der Waals surface area contributed by atoms with E-state index in [-0.39, 0.29) is 11.8 Å². The van der Waals surface area contributed by atoms with Gasteiger partial charge in [0.05, 0.1) is 5.56 Å². The molecular formula is C9H12N3O2+. The maximum Gasteiger partial charge on any atom is 0.270 e. The minimum absolute atomic E-state index is 0.306. The van der Waals surface area contributed by atoms with Crippen LogP contribution >= 0.6 is 0 Å². The first-order valence-corrected chi connectivity index (χ1v) is 4.12. The Morgan fingerprint density at radius 2 is 1.79 bits per heavy atom. The highest BCUT2D eigenvalue weighted by Crippen LogP contribution is 1.92. The van der Waals surface area contributed by atoms with E-state index in [9.17, 15) is 9.59 Å². The Bertz CT molecular complexity index is 346. The molecule has 5 heteroatoms. The monoisotopic (exact) mass is 194 g/mol. The fourth-order valence-electron chi connectivity index (χ4n) is 0.869. The summed E-state index contributed by atoms with van der Waals surface area (Å²) in [5.74, 6) is -0.638. The quantitative estimate of drug-likeness (QED) is 0.458. The zero-order valence-corrected chi connectivity index (χ0v) is 8.07. The molecular weight excluding hydrogens is 182 g/mol. The maximum atomic E-state index is 11.3. The van der Waals surface area contributed by atoms with Crippen molar-refractivity contribution in [3.05, 3.63) is 30.1 Å². The highest BCUT2D eigenvalue weighted by atomic mass is 16.2. The van der Waals surface area contributed by atoms with Crippen LogP contribution in [0.5, 0.6) is 0 Å². The molecule has 1 heterocycles. The van der Waals surface area contributed by atoms with Crippen molar-refractivity contribution in [2.45, 2.75) is 6.92 Å². The van der Waals surface area contributed by atoms with Gasteiger partial charge in [-0.05, 0) is 0 Å². The van der Waals surface area contributed by atoms with E-state index in [0.29, 0.717) is 5.56 Å². The van der Waals surface area contributed by atoms with Gasteiger partial charge in [-0.25, -0.2) is 4.57 Å². The van der Waals surface area contributed by atoms with Gasteiger partial charge in [-0.15, -0.1) is 0 Å². The molecule has 2 amide bonds. The zero-order valence-electron chi connectivity index (χ0n) is 8.07. The Kier molecular flexibility index (Phi) is 3.17. The van der Waals surface area contributed by atoms with Crippen LogP contribution in [0.15, 0.2) is 24.5 Å². The van der Waals surface area contributed by atoms with Crippen molar-refractivity contribution in [2.24, 2.45) is 7.05 Å². The Hall–Kier alpha value is -1.91. The fraction of sp³-hybridized carbons (Fsp3) is 0.222. The summed E-state index contributed by atoms with van der Waals surface area (Å²) in [4.78, 5) is 21.8. The molecule has 0 fully saturated rings. The predicted octanol–water partition coefficient (Wildman–Crippen LogP) is -0.708.